The molecule has 3 N–H and O–H groups in total. The molecule has 3 rings (SSSR count). The van der Waals surface area contributed by atoms with Crippen molar-refractivity contribution in [3.8, 4) is 0 Å². The van der Waals surface area contributed by atoms with Gasteiger partial charge in [0.1, 0.15) is 5.52 Å². The van der Waals surface area contributed by atoms with Crippen LogP contribution in [0.1, 0.15) is 10.6 Å². The summed E-state index contributed by atoms with van der Waals surface area (Å²) < 4.78 is 0. The van der Waals surface area contributed by atoms with Crippen molar-refractivity contribution in [1.29, 1.82) is 0 Å². The van der Waals surface area contributed by atoms with Gasteiger partial charge in [-0.3, -0.25) is 9.78 Å². The van der Waals surface area contributed by atoms with Crippen molar-refractivity contribution in [2.45, 2.75) is 0 Å². The first-order valence-corrected chi connectivity index (χ1v) is 4.79. The number of nitrogens with one attached hydrogen (secondary N) is 1. The molecule has 0 saturated carbocycles. The van der Waals surface area contributed by atoms with Gasteiger partial charge in [0, 0.05) is 5.39 Å². The quantitative estimate of drug-likeness (QED) is 0.635. The number of pyridine rings is 1. The molecular weight excluding hydrogens is 204 g/mol. The number of hydrogen-bond donors (Lipinski definition) is 2. The van der Waals surface area contributed by atoms with Gasteiger partial charge in [-0.2, -0.15) is 0 Å². The van der Waals surface area contributed by atoms with E-state index in [4.69, 9.17) is 5.73 Å². The highest BCUT2D eigenvalue weighted by atomic mass is 16.1. The van der Waals surface area contributed by atoms with Crippen LogP contribution in [0.25, 0.3) is 21.9 Å². The van der Waals surface area contributed by atoms with Crippen LogP contribution in [0.3, 0.4) is 0 Å². The summed E-state index contributed by atoms with van der Waals surface area (Å²) in [7, 11) is 0. The van der Waals surface area contributed by atoms with Crippen LogP contribution in [0.4, 0.5) is 0 Å². The maximum absolute atomic E-state index is 11.0. The third kappa shape index (κ3) is 1.15. The highest BCUT2D eigenvalue weighted by molar-refractivity contribution is 6.04. The summed E-state index contributed by atoms with van der Waals surface area (Å²) in [6.45, 7) is 0. The van der Waals surface area contributed by atoms with Gasteiger partial charge in [-0.15, -0.1) is 0 Å². The number of benzene rings is 1. The zero-order valence-corrected chi connectivity index (χ0v) is 8.27. The minimum absolute atomic E-state index is 0.160. The van der Waals surface area contributed by atoms with E-state index in [0.29, 0.717) is 5.52 Å². The summed E-state index contributed by atoms with van der Waals surface area (Å²) in [5, 5.41) is 0.931. The van der Waals surface area contributed by atoms with Gasteiger partial charge in [-0.05, 0) is 6.07 Å². The number of para-hydroxylation sites is 1. The van der Waals surface area contributed by atoms with Gasteiger partial charge in [-0.1, -0.05) is 18.2 Å². The molecule has 1 aromatic carbocycles. The topological polar surface area (TPSA) is 84.7 Å². The van der Waals surface area contributed by atoms with Crippen LogP contribution in [-0.4, -0.2) is 20.9 Å². The number of rotatable bonds is 1. The zero-order valence-electron chi connectivity index (χ0n) is 8.27. The van der Waals surface area contributed by atoms with E-state index >= 15 is 0 Å². The van der Waals surface area contributed by atoms with E-state index in [2.05, 4.69) is 15.0 Å². The first-order chi connectivity index (χ1) is 7.75. The molecule has 2 aromatic heterocycles. The average Bonchev–Trinajstić information content (AvgIpc) is 2.73. The number of aromatic amines is 1. The predicted molar refractivity (Wildman–Crippen MR) is 59.9 cm³/mol. The zero-order chi connectivity index (χ0) is 11.1. The molecule has 3 aromatic rings. The number of carbonyl (C=O) groups excluding carboxylic acids is 1. The van der Waals surface area contributed by atoms with Gasteiger partial charge in [-0.25, -0.2) is 4.98 Å². The van der Waals surface area contributed by atoms with Crippen molar-refractivity contribution in [2.75, 3.05) is 0 Å². The Labute approximate surface area is 90.3 Å². The van der Waals surface area contributed by atoms with Gasteiger partial charge in [0.15, 0.2) is 5.82 Å². The molecule has 5 heteroatoms. The van der Waals surface area contributed by atoms with Crippen molar-refractivity contribution in [3.05, 3.63) is 36.3 Å². The van der Waals surface area contributed by atoms with Crippen molar-refractivity contribution >= 4 is 27.8 Å². The van der Waals surface area contributed by atoms with Gasteiger partial charge < -0.3 is 10.7 Å². The molecular formula is C11H8N4O. The van der Waals surface area contributed by atoms with Gasteiger partial charge >= 0.3 is 0 Å². The number of imidazole rings is 1. The van der Waals surface area contributed by atoms with Crippen LogP contribution in [0.5, 0.6) is 0 Å². The molecule has 0 aliphatic rings. The lowest BCUT2D eigenvalue weighted by Gasteiger charge is -1.95. The summed E-state index contributed by atoms with van der Waals surface area (Å²) in [5.41, 5.74) is 7.46. The molecule has 0 bridgehead atoms. The lowest BCUT2D eigenvalue weighted by molar-refractivity contribution is 0.0991. The Morgan fingerprint density at radius 3 is 2.88 bits per heavy atom. The highest BCUT2D eigenvalue weighted by Crippen LogP contribution is 2.20. The Hall–Kier alpha value is -2.43. The monoisotopic (exact) mass is 212 g/mol. The van der Waals surface area contributed by atoms with Crippen LogP contribution >= 0.6 is 0 Å². The number of aromatic nitrogens is 3. The lowest BCUT2D eigenvalue weighted by Crippen LogP contribution is -2.12. The third-order valence-electron chi connectivity index (χ3n) is 2.46. The number of hydrogen-bond acceptors (Lipinski definition) is 3. The predicted octanol–water partition coefficient (Wildman–Crippen LogP) is 1.21. The standard InChI is InChI=1S/C11H8N4O/c12-10(16)11-14-8-5-13-7-4-2-1-3-6(7)9(8)15-11/h1-5H,(H2,12,16)(H,14,15). The Bertz CT molecular complexity index is 701. The van der Waals surface area contributed by atoms with Crippen LogP contribution in [-0.2, 0) is 0 Å². The number of carbonyl (C=O) groups is 1. The SMILES string of the molecule is NC(=O)c1nc2cnc3ccccc3c2[nH]1. The molecule has 0 atom stereocenters. The number of H-pyrrole nitrogens is 1. The summed E-state index contributed by atoms with van der Waals surface area (Å²) in [6.07, 6.45) is 1.63. The van der Waals surface area contributed by atoms with Crippen LogP contribution in [0, 0.1) is 0 Å². The van der Waals surface area contributed by atoms with E-state index < -0.39 is 5.91 Å². The first kappa shape index (κ1) is 8.84. The Morgan fingerprint density at radius 1 is 1.25 bits per heavy atom. The Kier molecular flexibility index (Phi) is 1.67. The number of nitrogens with zero attached hydrogens (tertiary/aromatic N) is 2. The Morgan fingerprint density at radius 2 is 2.06 bits per heavy atom. The van der Waals surface area contributed by atoms with Crippen LogP contribution in [0.15, 0.2) is 30.5 Å². The third-order valence-corrected chi connectivity index (χ3v) is 2.46. The lowest BCUT2D eigenvalue weighted by atomic mass is 10.2. The number of amides is 1. The Balaban J connectivity index is 2.46. The molecule has 16 heavy (non-hydrogen) atoms. The van der Waals surface area contributed by atoms with Crippen molar-refractivity contribution in [3.63, 3.8) is 0 Å². The molecule has 2 heterocycles. The van der Waals surface area contributed by atoms with E-state index in [1.165, 1.54) is 0 Å². The number of fused-ring (bicyclic) bond motifs is 3. The fourth-order valence-corrected chi connectivity index (χ4v) is 1.73. The fraction of sp³-hybridized carbons (Fsp3) is 0. The molecule has 0 fully saturated rings. The number of nitrogens with two attached hydrogens (primary N) is 1. The molecule has 0 radical (unpaired) electrons. The second kappa shape index (κ2) is 3.03. The second-order valence-corrected chi connectivity index (χ2v) is 3.49. The van der Waals surface area contributed by atoms with E-state index in [1.807, 2.05) is 24.3 Å². The van der Waals surface area contributed by atoms with Crippen molar-refractivity contribution in [2.24, 2.45) is 5.73 Å². The largest absolute Gasteiger partial charge is 0.363 e. The highest BCUT2D eigenvalue weighted by Gasteiger charge is 2.10. The van der Waals surface area contributed by atoms with Crippen LogP contribution in [0.2, 0.25) is 0 Å². The van der Waals surface area contributed by atoms with E-state index in [1.54, 1.807) is 6.20 Å². The normalized spacial score (nSPS) is 11.0. The first-order valence-electron chi connectivity index (χ1n) is 4.79. The number of primary amides is 1. The summed E-state index contributed by atoms with van der Waals surface area (Å²) in [5.74, 6) is -0.409. The maximum atomic E-state index is 11.0. The molecule has 0 aliphatic heterocycles. The van der Waals surface area contributed by atoms with Gasteiger partial charge in [0.2, 0.25) is 0 Å². The van der Waals surface area contributed by atoms with E-state index in [-0.39, 0.29) is 5.82 Å². The minimum Gasteiger partial charge on any atom is -0.363 e. The molecule has 0 spiro atoms. The van der Waals surface area contributed by atoms with Crippen molar-refractivity contribution < 1.29 is 4.79 Å². The molecule has 1 amide bonds. The van der Waals surface area contributed by atoms with Gasteiger partial charge in [0.25, 0.3) is 5.91 Å². The molecule has 78 valence electrons. The van der Waals surface area contributed by atoms with Gasteiger partial charge in [0.05, 0.1) is 17.2 Å². The summed E-state index contributed by atoms with van der Waals surface area (Å²) in [6, 6.07) is 7.65. The van der Waals surface area contributed by atoms with E-state index in [0.717, 1.165) is 16.4 Å². The molecule has 5 nitrogen and oxygen atoms in total. The summed E-state index contributed by atoms with van der Waals surface area (Å²) >= 11 is 0. The van der Waals surface area contributed by atoms with Crippen molar-refractivity contribution in [1.82, 2.24) is 15.0 Å². The maximum Gasteiger partial charge on any atom is 0.284 e. The van der Waals surface area contributed by atoms with Crippen LogP contribution < -0.4 is 5.73 Å². The second-order valence-electron chi connectivity index (χ2n) is 3.49. The summed E-state index contributed by atoms with van der Waals surface area (Å²) in [4.78, 5) is 22.2. The molecule has 0 saturated heterocycles. The minimum atomic E-state index is -0.569. The average molecular weight is 212 g/mol. The molecule has 0 unspecified atom stereocenters. The fourth-order valence-electron chi connectivity index (χ4n) is 1.73. The van der Waals surface area contributed by atoms with E-state index in [9.17, 15) is 4.79 Å². The molecule has 0 aliphatic carbocycles. The smallest absolute Gasteiger partial charge is 0.284 e.